The van der Waals surface area contributed by atoms with Crippen LogP contribution in [-0.2, 0) is 17.8 Å². The second-order valence-corrected chi connectivity index (χ2v) is 6.63. The molecule has 1 aliphatic carbocycles. The summed E-state index contributed by atoms with van der Waals surface area (Å²) in [7, 11) is 0. The predicted octanol–water partition coefficient (Wildman–Crippen LogP) is 2.84. The highest BCUT2D eigenvalue weighted by Crippen LogP contribution is 2.29. The molecule has 26 heavy (non-hydrogen) atoms. The van der Waals surface area contributed by atoms with Crippen LogP contribution in [0.4, 0.5) is 0 Å². The van der Waals surface area contributed by atoms with Crippen molar-refractivity contribution in [3.05, 3.63) is 65.7 Å². The number of carbonyl (C=O) groups is 1. The minimum atomic E-state index is -0.0434. The van der Waals surface area contributed by atoms with Crippen molar-refractivity contribution in [1.82, 2.24) is 25.1 Å². The quantitative estimate of drug-likeness (QED) is 0.788. The number of aromatic nitrogens is 4. The molecule has 1 aromatic carbocycles. The van der Waals surface area contributed by atoms with Crippen LogP contribution in [0.25, 0.3) is 11.4 Å². The van der Waals surface area contributed by atoms with Crippen LogP contribution < -0.4 is 5.32 Å². The van der Waals surface area contributed by atoms with Gasteiger partial charge in [0.25, 0.3) is 0 Å². The average molecular weight is 347 g/mol. The van der Waals surface area contributed by atoms with Gasteiger partial charge in [0, 0.05) is 29.2 Å². The predicted molar refractivity (Wildman–Crippen MR) is 98.3 cm³/mol. The summed E-state index contributed by atoms with van der Waals surface area (Å²) in [6, 6.07) is 11.8. The molecule has 0 aliphatic heterocycles. The third-order valence-electron chi connectivity index (χ3n) is 4.63. The molecule has 0 saturated heterocycles. The van der Waals surface area contributed by atoms with Crippen molar-refractivity contribution in [3.63, 3.8) is 0 Å². The highest BCUT2D eigenvalue weighted by atomic mass is 16.2. The molecule has 2 heterocycles. The van der Waals surface area contributed by atoms with E-state index in [4.69, 9.17) is 4.98 Å². The van der Waals surface area contributed by atoms with E-state index in [9.17, 15) is 4.79 Å². The lowest BCUT2D eigenvalue weighted by molar-refractivity contribution is -0.122. The molecule has 2 aromatic heterocycles. The Kier molecular flexibility index (Phi) is 4.48. The van der Waals surface area contributed by atoms with Crippen LogP contribution in [0, 0.1) is 6.92 Å². The molecule has 0 spiro atoms. The molecule has 0 saturated carbocycles. The van der Waals surface area contributed by atoms with E-state index in [1.54, 1.807) is 4.68 Å². The molecule has 6 nitrogen and oxygen atoms in total. The summed E-state index contributed by atoms with van der Waals surface area (Å²) in [5, 5.41) is 7.38. The average Bonchev–Trinajstić information content (AvgIpc) is 3.07. The summed E-state index contributed by atoms with van der Waals surface area (Å²) in [6.07, 6.45) is 6.52. The second-order valence-electron chi connectivity index (χ2n) is 6.63. The van der Waals surface area contributed by atoms with Crippen LogP contribution in [-0.4, -0.2) is 25.7 Å². The summed E-state index contributed by atoms with van der Waals surface area (Å²) in [6.45, 7) is 2.13. The Morgan fingerprint density at radius 1 is 1.27 bits per heavy atom. The maximum atomic E-state index is 12.4. The maximum Gasteiger partial charge on any atom is 0.242 e. The van der Waals surface area contributed by atoms with Gasteiger partial charge in [-0.05, 0) is 32.3 Å². The number of fused-ring (bicyclic) bond motifs is 1. The van der Waals surface area contributed by atoms with Gasteiger partial charge in [-0.1, -0.05) is 30.3 Å². The Labute approximate surface area is 152 Å². The zero-order valence-corrected chi connectivity index (χ0v) is 14.7. The van der Waals surface area contributed by atoms with Crippen LogP contribution in [0.2, 0.25) is 0 Å². The Hall–Kier alpha value is -3.02. The van der Waals surface area contributed by atoms with Crippen molar-refractivity contribution in [2.24, 2.45) is 0 Å². The number of aryl methyl sites for hydroxylation is 2. The normalized spacial score (nSPS) is 16.1. The molecule has 1 amide bonds. The highest BCUT2D eigenvalue weighted by molar-refractivity contribution is 5.76. The number of nitrogens with one attached hydrogen (secondary N) is 1. The van der Waals surface area contributed by atoms with Crippen molar-refractivity contribution in [3.8, 4) is 11.4 Å². The SMILES string of the molecule is Cc1ccn(CC(=O)N[C@H]2CCCc3nc(-c4ccccc4)ncc32)n1. The van der Waals surface area contributed by atoms with E-state index in [0.29, 0.717) is 0 Å². The van der Waals surface area contributed by atoms with Gasteiger partial charge in [-0.25, -0.2) is 9.97 Å². The number of carbonyl (C=O) groups excluding carboxylic acids is 1. The van der Waals surface area contributed by atoms with Gasteiger partial charge < -0.3 is 5.32 Å². The van der Waals surface area contributed by atoms with E-state index in [-0.39, 0.29) is 18.5 Å². The molecule has 1 N–H and O–H groups in total. The van der Waals surface area contributed by atoms with Gasteiger partial charge in [-0.2, -0.15) is 5.10 Å². The molecular weight excluding hydrogens is 326 g/mol. The zero-order valence-electron chi connectivity index (χ0n) is 14.7. The third kappa shape index (κ3) is 3.49. The number of nitrogens with zero attached hydrogens (tertiary/aromatic N) is 4. The number of benzene rings is 1. The van der Waals surface area contributed by atoms with Gasteiger partial charge in [0.1, 0.15) is 6.54 Å². The number of hydrogen-bond acceptors (Lipinski definition) is 4. The fraction of sp³-hybridized carbons (Fsp3) is 0.300. The highest BCUT2D eigenvalue weighted by Gasteiger charge is 2.24. The Bertz CT molecular complexity index is 919. The Balaban J connectivity index is 1.51. The minimum Gasteiger partial charge on any atom is -0.348 e. The lowest BCUT2D eigenvalue weighted by atomic mass is 9.92. The topological polar surface area (TPSA) is 72.7 Å². The van der Waals surface area contributed by atoms with E-state index < -0.39 is 0 Å². The second kappa shape index (κ2) is 7.07. The van der Waals surface area contributed by atoms with Crippen LogP contribution in [0.15, 0.2) is 48.8 Å². The summed E-state index contributed by atoms with van der Waals surface area (Å²) in [4.78, 5) is 21.7. The van der Waals surface area contributed by atoms with Crippen molar-refractivity contribution in [2.45, 2.75) is 38.8 Å². The molecule has 1 atom stereocenters. The first-order chi connectivity index (χ1) is 12.7. The van der Waals surface area contributed by atoms with Gasteiger partial charge in [0.15, 0.2) is 5.82 Å². The fourth-order valence-electron chi connectivity index (χ4n) is 3.36. The van der Waals surface area contributed by atoms with E-state index in [1.807, 2.05) is 55.7 Å². The summed E-state index contributed by atoms with van der Waals surface area (Å²) in [5.41, 5.74) is 3.98. The Morgan fingerprint density at radius 2 is 2.12 bits per heavy atom. The molecule has 0 fully saturated rings. The summed E-state index contributed by atoms with van der Waals surface area (Å²) < 4.78 is 1.66. The van der Waals surface area contributed by atoms with Gasteiger partial charge in [-0.3, -0.25) is 9.48 Å². The van der Waals surface area contributed by atoms with Crippen molar-refractivity contribution < 1.29 is 4.79 Å². The van der Waals surface area contributed by atoms with Crippen LogP contribution in [0.3, 0.4) is 0 Å². The minimum absolute atomic E-state index is 0.0345. The van der Waals surface area contributed by atoms with Crippen molar-refractivity contribution in [2.75, 3.05) is 0 Å². The molecule has 6 heteroatoms. The summed E-state index contributed by atoms with van der Waals surface area (Å²) >= 11 is 0. The number of hydrogen-bond donors (Lipinski definition) is 1. The smallest absolute Gasteiger partial charge is 0.242 e. The molecular formula is C20H21N5O. The molecule has 132 valence electrons. The van der Waals surface area contributed by atoms with Crippen LogP contribution >= 0.6 is 0 Å². The first kappa shape index (κ1) is 16.4. The lowest BCUT2D eigenvalue weighted by Gasteiger charge is -2.25. The lowest BCUT2D eigenvalue weighted by Crippen LogP contribution is -2.34. The molecule has 0 bridgehead atoms. The fourth-order valence-corrected chi connectivity index (χ4v) is 3.36. The van der Waals surface area contributed by atoms with E-state index >= 15 is 0 Å². The maximum absolute atomic E-state index is 12.4. The molecule has 3 aromatic rings. The summed E-state index contributed by atoms with van der Waals surface area (Å²) in [5.74, 6) is 0.696. The molecule has 0 radical (unpaired) electrons. The first-order valence-corrected chi connectivity index (χ1v) is 8.90. The zero-order chi connectivity index (χ0) is 17.9. The number of amides is 1. The van der Waals surface area contributed by atoms with Gasteiger partial charge >= 0.3 is 0 Å². The first-order valence-electron chi connectivity index (χ1n) is 8.90. The monoisotopic (exact) mass is 347 g/mol. The standard InChI is InChI=1S/C20H21N5O/c1-14-10-11-25(24-14)13-19(26)22-17-8-5-9-18-16(17)12-21-20(23-18)15-6-3-2-4-7-15/h2-4,6-7,10-12,17H,5,8-9,13H2,1H3,(H,22,26)/t17-/m0/s1. The van der Waals surface area contributed by atoms with E-state index in [2.05, 4.69) is 15.4 Å². The molecule has 4 rings (SSSR count). The molecule has 1 aliphatic rings. The van der Waals surface area contributed by atoms with E-state index in [0.717, 1.165) is 47.6 Å². The van der Waals surface area contributed by atoms with Gasteiger partial charge in [-0.15, -0.1) is 0 Å². The largest absolute Gasteiger partial charge is 0.348 e. The van der Waals surface area contributed by atoms with Crippen LogP contribution in [0.5, 0.6) is 0 Å². The van der Waals surface area contributed by atoms with E-state index in [1.165, 1.54) is 0 Å². The van der Waals surface area contributed by atoms with Crippen molar-refractivity contribution >= 4 is 5.91 Å². The van der Waals surface area contributed by atoms with Gasteiger partial charge in [0.2, 0.25) is 5.91 Å². The van der Waals surface area contributed by atoms with Crippen LogP contribution in [0.1, 0.15) is 35.8 Å². The van der Waals surface area contributed by atoms with Crippen molar-refractivity contribution in [1.29, 1.82) is 0 Å². The van der Waals surface area contributed by atoms with Gasteiger partial charge in [0.05, 0.1) is 11.7 Å². The Morgan fingerprint density at radius 3 is 2.88 bits per heavy atom. The molecule has 0 unspecified atom stereocenters. The number of rotatable bonds is 4. The third-order valence-corrected chi connectivity index (χ3v) is 4.63.